The maximum Gasteiger partial charge on any atom is 0.154 e. The Morgan fingerprint density at radius 3 is 3.31 bits per heavy atom. The standard InChI is InChI=1S/C9H9N3O/c13-5-1-2-8-6-10-9-3-4-11-12(9)7-8/h3-7H,1-2H2. The van der Waals surface area contributed by atoms with Gasteiger partial charge in [-0.1, -0.05) is 0 Å². The van der Waals surface area contributed by atoms with E-state index in [1.54, 1.807) is 16.9 Å². The van der Waals surface area contributed by atoms with Crippen LogP contribution in [0.2, 0.25) is 0 Å². The molecule has 0 saturated heterocycles. The van der Waals surface area contributed by atoms with E-state index in [-0.39, 0.29) is 0 Å². The highest BCUT2D eigenvalue weighted by molar-refractivity contribution is 5.50. The van der Waals surface area contributed by atoms with E-state index in [0.717, 1.165) is 23.9 Å². The van der Waals surface area contributed by atoms with Gasteiger partial charge in [-0.2, -0.15) is 5.10 Å². The van der Waals surface area contributed by atoms with Crippen molar-refractivity contribution in [3.63, 3.8) is 0 Å². The van der Waals surface area contributed by atoms with Gasteiger partial charge in [0.15, 0.2) is 5.65 Å². The van der Waals surface area contributed by atoms with Crippen molar-refractivity contribution in [1.29, 1.82) is 0 Å². The number of rotatable bonds is 3. The third kappa shape index (κ3) is 1.56. The van der Waals surface area contributed by atoms with Crippen molar-refractivity contribution in [2.45, 2.75) is 12.8 Å². The predicted octanol–water partition coefficient (Wildman–Crippen LogP) is 0.861. The van der Waals surface area contributed by atoms with E-state index in [4.69, 9.17) is 0 Å². The summed E-state index contributed by atoms with van der Waals surface area (Å²) in [5, 5.41) is 4.05. The molecule has 4 heteroatoms. The molecule has 2 rings (SSSR count). The van der Waals surface area contributed by atoms with Gasteiger partial charge in [0.25, 0.3) is 0 Å². The van der Waals surface area contributed by atoms with Crippen LogP contribution in [0, 0.1) is 0 Å². The van der Waals surface area contributed by atoms with Crippen molar-refractivity contribution < 1.29 is 4.79 Å². The lowest BCUT2D eigenvalue weighted by Crippen LogP contribution is -1.94. The first-order valence-electron chi connectivity index (χ1n) is 4.12. The molecule has 0 aliphatic heterocycles. The van der Waals surface area contributed by atoms with Crippen LogP contribution >= 0.6 is 0 Å². The molecule has 2 heterocycles. The van der Waals surface area contributed by atoms with Crippen LogP contribution in [0.1, 0.15) is 12.0 Å². The van der Waals surface area contributed by atoms with Crippen LogP contribution in [0.4, 0.5) is 0 Å². The lowest BCUT2D eigenvalue weighted by Gasteiger charge is -1.97. The fraction of sp³-hybridized carbons (Fsp3) is 0.222. The monoisotopic (exact) mass is 175 g/mol. The number of aldehydes is 1. The summed E-state index contributed by atoms with van der Waals surface area (Å²) < 4.78 is 1.71. The predicted molar refractivity (Wildman–Crippen MR) is 47.4 cm³/mol. The van der Waals surface area contributed by atoms with Crippen molar-refractivity contribution >= 4 is 11.9 Å². The minimum absolute atomic E-state index is 0.536. The molecule has 0 spiro atoms. The Morgan fingerprint density at radius 1 is 1.54 bits per heavy atom. The molecule has 0 atom stereocenters. The third-order valence-corrected chi connectivity index (χ3v) is 1.85. The normalized spacial score (nSPS) is 10.5. The number of carbonyl (C=O) groups is 1. The zero-order valence-electron chi connectivity index (χ0n) is 7.05. The second kappa shape index (κ2) is 3.35. The highest BCUT2D eigenvalue weighted by atomic mass is 16.1. The first-order chi connectivity index (χ1) is 6.40. The maximum absolute atomic E-state index is 10.1. The van der Waals surface area contributed by atoms with Crippen LogP contribution < -0.4 is 0 Å². The molecule has 0 N–H and O–H groups in total. The Balaban J connectivity index is 2.31. The molecule has 0 bridgehead atoms. The van der Waals surface area contributed by atoms with E-state index in [9.17, 15) is 4.79 Å². The second-order valence-electron chi connectivity index (χ2n) is 2.80. The Hall–Kier alpha value is -1.71. The van der Waals surface area contributed by atoms with E-state index in [0.29, 0.717) is 6.42 Å². The number of hydrogen-bond donors (Lipinski definition) is 0. The SMILES string of the molecule is O=CCCc1cnc2ccnn2c1. The maximum atomic E-state index is 10.1. The largest absolute Gasteiger partial charge is 0.303 e. The summed E-state index contributed by atoms with van der Waals surface area (Å²) in [5.74, 6) is 0. The summed E-state index contributed by atoms with van der Waals surface area (Å²) in [6, 6.07) is 1.84. The van der Waals surface area contributed by atoms with E-state index < -0.39 is 0 Å². The summed E-state index contributed by atoms with van der Waals surface area (Å²) in [6.07, 6.45) is 7.55. The van der Waals surface area contributed by atoms with E-state index >= 15 is 0 Å². The topological polar surface area (TPSA) is 47.3 Å². The number of hydrogen-bond acceptors (Lipinski definition) is 3. The Labute approximate surface area is 75.2 Å². The highest BCUT2D eigenvalue weighted by Crippen LogP contribution is 2.03. The van der Waals surface area contributed by atoms with Gasteiger partial charge in [0.1, 0.15) is 6.29 Å². The molecule has 0 aromatic carbocycles. The van der Waals surface area contributed by atoms with Crippen LogP contribution in [-0.2, 0) is 11.2 Å². The van der Waals surface area contributed by atoms with Gasteiger partial charge in [0.2, 0.25) is 0 Å². The minimum Gasteiger partial charge on any atom is -0.303 e. The Kier molecular flexibility index (Phi) is 2.04. The molecule has 4 nitrogen and oxygen atoms in total. The minimum atomic E-state index is 0.536. The van der Waals surface area contributed by atoms with Crippen molar-refractivity contribution in [2.75, 3.05) is 0 Å². The number of aryl methyl sites for hydroxylation is 1. The molecule has 0 fully saturated rings. The summed E-state index contributed by atoms with van der Waals surface area (Å²) in [4.78, 5) is 14.3. The zero-order valence-corrected chi connectivity index (χ0v) is 7.05. The van der Waals surface area contributed by atoms with Gasteiger partial charge in [-0.15, -0.1) is 0 Å². The van der Waals surface area contributed by atoms with Crippen LogP contribution in [0.25, 0.3) is 5.65 Å². The van der Waals surface area contributed by atoms with Gasteiger partial charge in [-0.05, 0) is 12.0 Å². The first-order valence-corrected chi connectivity index (χ1v) is 4.12. The molecule has 0 radical (unpaired) electrons. The zero-order chi connectivity index (χ0) is 9.10. The summed E-state index contributed by atoms with van der Waals surface area (Å²) in [5.41, 5.74) is 1.86. The highest BCUT2D eigenvalue weighted by Gasteiger charge is 1.97. The fourth-order valence-corrected chi connectivity index (χ4v) is 1.20. The number of carbonyl (C=O) groups excluding carboxylic acids is 1. The average Bonchev–Trinajstić information content (AvgIpc) is 2.61. The van der Waals surface area contributed by atoms with Gasteiger partial charge >= 0.3 is 0 Å². The summed E-state index contributed by atoms with van der Waals surface area (Å²) >= 11 is 0. The van der Waals surface area contributed by atoms with Gasteiger partial charge in [-0.3, -0.25) is 0 Å². The van der Waals surface area contributed by atoms with Crippen LogP contribution in [0.15, 0.2) is 24.7 Å². The van der Waals surface area contributed by atoms with Gasteiger partial charge in [-0.25, -0.2) is 9.50 Å². The molecule has 0 unspecified atom stereocenters. The van der Waals surface area contributed by atoms with Crippen LogP contribution in [0.3, 0.4) is 0 Å². The first kappa shape index (κ1) is 7.91. The molecule has 0 aliphatic rings. The van der Waals surface area contributed by atoms with E-state index in [2.05, 4.69) is 10.1 Å². The third-order valence-electron chi connectivity index (χ3n) is 1.85. The fourth-order valence-electron chi connectivity index (χ4n) is 1.20. The van der Waals surface area contributed by atoms with Crippen molar-refractivity contribution in [1.82, 2.24) is 14.6 Å². The molecule has 0 amide bonds. The molecule has 2 aromatic rings. The van der Waals surface area contributed by atoms with Crippen molar-refractivity contribution in [3.05, 3.63) is 30.2 Å². The lowest BCUT2D eigenvalue weighted by molar-refractivity contribution is -0.107. The van der Waals surface area contributed by atoms with Gasteiger partial charge < -0.3 is 4.79 Å². The second-order valence-corrected chi connectivity index (χ2v) is 2.80. The lowest BCUT2D eigenvalue weighted by atomic mass is 10.2. The molecular formula is C9H9N3O. The Bertz CT molecular complexity index is 421. The molecular weight excluding hydrogens is 166 g/mol. The molecule has 0 saturated carbocycles. The number of nitrogens with zero attached hydrogens (tertiary/aromatic N) is 3. The Morgan fingerprint density at radius 2 is 2.46 bits per heavy atom. The van der Waals surface area contributed by atoms with Crippen LogP contribution in [-0.4, -0.2) is 20.9 Å². The molecule has 2 aromatic heterocycles. The molecule has 0 aliphatic carbocycles. The smallest absolute Gasteiger partial charge is 0.154 e. The molecule has 13 heavy (non-hydrogen) atoms. The average molecular weight is 175 g/mol. The van der Waals surface area contributed by atoms with Crippen LogP contribution in [0.5, 0.6) is 0 Å². The summed E-state index contributed by atoms with van der Waals surface area (Å²) in [6.45, 7) is 0. The van der Waals surface area contributed by atoms with Gasteiger partial charge in [0, 0.05) is 24.9 Å². The number of aromatic nitrogens is 3. The van der Waals surface area contributed by atoms with Gasteiger partial charge in [0.05, 0.1) is 6.20 Å². The van der Waals surface area contributed by atoms with Crippen molar-refractivity contribution in [2.24, 2.45) is 0 Å². The summed E-state index contributed by atoms with van der Waals surface area (Å²) in [7, 11) is 0. The molecule has 66 valence electrons. The van der Waals surface area contributed by atoms with E-state index in [1.807, 2.05) is 12.3 Å². The quantitative estimate of drug-likeness (QED) is 0.650. The van der Waals surface area contributed by atoms with E-state index in [1.165, 1.54) is 0 Å². The van der Waals surface area contributed by atoms with Crippen molar-refractivity contribution in [3.8, 4) is 0 Å². The number of fused-ring (bicyclic) bond motifs is 1.